The summed E-state index contributed by atoms with van der Waals surface area (Å²) in [7, 11) is 0. The van der Waals surface area contributed by atoms with Gasteiger partial charge in [0, 0.05) is 5.56 Å². The zero-order valence-electron chi connectivity index (χ0n) is 9.21. The molecule has 1 aromatic carbocycles. The van der Waals surface area contributed by atoms with Gasteiger partial charge in [-0.3, -0.25) is 0 Å². The van der Waals surface area contributed by atoms with Crippen LogP contribution in [0.1, 0.15) is 22.3 Å². The zero-order valence-corrected chi connectivity index (χ0v) is 9.97. The van der Waals surface area contributed by atoms with E-state index in [1.165, 1.54) is 18.4 Å². The predicted octanol–water partition coefficient (Wildman–Crippen LogP) is 4.39. The van der Waals surface area contributed by atoms with E-state index in [0.717, 1.165) is 11.6 Å². The van der Waals surface area contributed by atoms with Crippen LogP contribution in [-0.2, 0) is 6.42 Å². The molecule has 0 aliphatic carbocycles. The van der Waals surface area contributed by atoms with E-state index in [9.17, 15) is 8.78 Å². The largest absolute Gasteiger partial charge is 0.469 e. The van der Waals surface area contributed by atoms with Crippen molar-refractivity contribution in [2.75, 3.05) is 0 Å². The summed E-state index contributed by atoms with van der Waals surface area (Å²) in [5.74, 6) is -0.989. The molecule has 2 aromatic rings. The van der Waals surface area contributed by atoms with Crippen LogP contribution in [0.15, 0.2) is 34.9 Å². The highest BCUT2D eigenvalue weighted by atomic mass is 35.5. The van der Waals surface area contributed by atoms with Crippen LogP contribution in [0.25, 0.3) is 0 Å². The highest BCUT2D eigenvalue weighted by molar-refractivity contribution is 6.21. The zero-order chi connectivity index (χ0) is 12.4. The molecule has 0 radical (unpaired) electrons. The van der Waals surface area contributed by atoms with E-state index in [-0.39, 0.29) is 12.0 Å². The minimum Gasteiger partial charge on any atom is -0.469 e. The fourth-order valence-corrected chi connectivity index (χ4v) is 2.12. The summed E-state index contributed by atoms with van der Waals surface area (Å²) in [6.45, 7) is 1.78. The van der Waals surface area contributed by atoms with E-state index in [4.69, 9.17) is 16.0 Å². The molecule has 0 aliphatic heterocycles. The molecule has 1 heterocycles. The summed E-state index contributed by atoms with van der Waals surface area (Å²) in [6, 6.07) is 5.83. The van der Waals surface area contributed by atoms with Crippen LogP contribution in [0.5, 0.6) is 0 Å². The monoisotopic (exact) mass is 256 g/mol. The van der Waals surface area contributed by atoms with Crippen molar-refractivity contribution >= 4 is 11.6 Å². The molecule has 0 N–H and O–H groups in total. The fourth-order valence-electron chi connectivity index (χ4n) is 1.73. The number of benzene rings is 1. The smallest absolute Gasteiger partial charge is 0.162 e. The Balaban J connectivity index is 2.22. The normalized spacial score (nSPS) is 12.7. The van der Waals surface area contributed by atoms with Gasteiger partial charge in [-0.1, -0.05) is 12.1 Å². The molecular formula is C13H11ClF2O. The molecule has 0 spiro atoms. The third kappa shape index (κ3) is 2.50. The minimum atomic E-state index is -0.852. The van der Waals surface area contributed by atoms with Crippen molar-refractivity contribution in [2.24, 2.45) is 0 Å². The van der Waals surface area contributed by atoms with Gasteiger partial charge in [0.15, 0.2) is 11.6 Å². The third-order valence-corrected chi connectivity index (χ3v) is 3.06. The molecule has 1 nitrogen and oxygen atoms in total. The molecule has 1 atom stereocenters. The van der Waals surface area contributed by atoms with E-state index in [2.05, 4.69) is 0 Å². The number of halogens is 3. The third-order valence-electron chi connectivity index (χ3n) is 2.67. The first kappa shape index (κ1) is 12.1. The first-order valence-electron chi connectivity index (χ1n) is 5.20. The number of furan rings is 1. The van der Waals surface area contributed by atoms with Crippen molar-refractivity contribution in [3.63, 3.8) is 0 Å². The van der Waals surface area contributed by atoms with Gasteiger partial charge in [0.1, 0.15) is 5.76 Å². The maximum Gasteiger partial charge on any atom is 0.162 e. The van der Waals surface area contributed by atoms with Gasteiger partial charge in [-0.05, 0) is 31.0 Å². The van der Waals surface area contributed by atoms with E-state index < -0.39 is 17.0 Å². The number of aryl methyl sites for hydroxylation is 1. The predicted molar refractivity (Wildman–Crippen MR) is 62.1 cm³/mol. The van der Waals surface area contributed by atoms with Crippen molar-refractivity contribution in [2.45, 2.75) is 18.7 Å². The highest BCUT2D eigenvalue weighted by Gasteiger charge is 2.17. The maximum absolute atomic E-state index is 13.4. The summed E-state index contributed by atoms with van der Waals surface area (Å²) in [4.78, 5) is 0. The first-order chi connectivity index (χ1) is 8.09. The Kier molecular flexibility index (Phi) is 3.48. The summed E-state index contributed by atoms with van der Waals surface area (Å²) < 4.78 is 31.6. The quantitative estimate of drug-likeness (QED) is 0.743. The Morgan fingerprint density at radius 3 is 2.71 bits per heavy atom. The number of hydrogen-bond acceptors (Lipinski definition) is 1. The molecule has 17 heavy (non-hydrogen) atoms. The van der Waals surface area contributed by atoms with Gasteiger partial charge < -0.3 is 4.42 Å². The topological polar surface area (TPSA) is 13.1 Å². The Labute approximate surface area is 103 Å². The van der Waals surface area contributed by atoms with Crippen LogP contribution in [-0.4, -0.2) is 0 Å². The molecule has 0 amide bonds. The molecule has 0 bridgehead atoms. The molecule has 90 valence electrons. The van der Waals surface area contributed by atoms with E-state index in [0.29, 0.717) is 5.76 Å². The van der Waals surface area contributed by atoms with Crippen LogP contribution in [0.4, 0.5) is 8.78 Å². The van der Waals surface area contributed by atoms with Crippen LogP contribution in [0.2, 0.25) is 0 Å². The van der Waals surface area contributed by atoms with Crippen molar-refractivity contribution in [3.05, 3.63) is 59.1 Å². The maximum atomic E-state index is 13.4. The average molecular weight is 257 g/mol. The molecule has 4 heteroatoms. The minimum absolute atomic E-state index is 0.228. The highest BCUT2D eigenvalue weighted by Crippen LogP contribution is 2.29. The van der Waals surface area contributed by atoms with Gasteiger partial charge in [-0.25, -0.2) is 8.78 Å². The molecule has 1 unspecified atom stereocenters. The van der Waals surface area contributed by atoms with E-state index >= 15 is 0 Å². The lowest BCUT2D eigenvalue weighted by atomic mass is 10.0. The Morgan fingerprint density at radius 1 is 1.29 bits per heavy atom. The van der Waals surface area contributed by atoms with Gasteiger partial charge in [0.05, 0.1) is 11.6 Å². The standard InChI is InChI=1S/C13H11ClF2O/c1-8-10(5-6-17-8)11(14)7-9-3-2-4-12(15)13(9)16/h2-6,11H,7H2,1H3. The molecule has 0 aliphatic rings. The van der Waals surface area contributed by atoms with Gasteiger partial charge in [-0.15, -0.1) is 11.6 Å². The fraction of sp³-hybridized carbons (Fsp3) is 0.231. The Morgan fingerprint density at radius 2 is 2.06 bits per heavy atom. The molecule has 2 rings (SSSR count). The van der Waals surface area contributed by atoms with E-state index in [1.807, 2.05) is 0 Å². The average Bonchev–Trinajstić information content (AvgIpc) is 2.71. The van der Waals surface area contributed by atoms with Crippen molar-refractivity contribution in [3.8, 4) is 0 Å². The Hall–Kier alpha value is -1.35. The number of hydrogen-bond donors (Lipinski definition) is 0. The molecular weight excluding hydrogens is 246 g/mol. The summed E-state index contributed by atoms with van der Waals surface area (Å²) in [5, 5.41) is -0.426. The lowest BCUT2D eigenvalue weighted by Gasteiger charge is -2.09. The van der Waals surface area contributed by atoms with Crippen LogP contribution >= 0.6 is 11.6 Å². The second-order valence-corrected chi connectivity index (χ2v) is 4.34. The lowest BCUT2D eigenvalue weighted by Crippen LogP contribution is -2.00. The van der Waals surface area contributed by atoms with Gasteiger partial charge >= 0.3 is 0 Å². The van der Waals surface area contributed by atoms with Gasteiger partial charge in [0.2, 0.25) is 0 Å². The summed E-state index contributed by atoms with van der Waals surface area (Å²) >= 11 is 6.16. The molecule has 0 saturated carbocycles. The lowest BCUT2D eigenvalue weighted by molar-refractivity contribution is 0.497. The van der Waals surface area contributed by atoms with Crippen LogP contribution in [0, 0.1) is 18.6 Å². The summed E-state index contributed by atoms with van der Waals surface area (Å²) in [5.41, 5.74) is 1.07. The van der Waals surface area contributed by atoms with Crippen molar-refractivity contribution in [1.29, 1.82) is 0 Å². The van der Waals surface area contributed by atoms with E-state index in [1.54, 1.807) is 13.0 Å². The molecule has 1 aromatic heterocycles. The molecule has 0 saturated heterocycles. The number of rotatable bonds is 3. The molecule has 0 fully saturated rings. The first-order valence-corrected chi connectivity index (χ1v) is 5.64. The second kappa shape index (κ2) is 4.88. The van der Waals surface area contributed by atoms with Gasteiger partial charge in [0.25, 0.3) is 0 Å². The SMILES string of the molecule is Cc1occc1C(Cl)Cc1cccc(F)c1F. The number of alkyl halides is 1. The Bertz CT molecular complexity index is 522. The van der Waals surface area contributed by atoms with Gasteiger partial charge in [-0.2, -0.15) is 0 Å². The summed E-state index contributed by atoms with van der Waals surface area (Å²) in [6.07, 6.45) is 1.76. The van der Waals surface area contributed by atoms with Crippen molar-refractivity contribution < 1.29 is 13.2 Å². The van der Waals surface area contributed by atoms with Crippen LogP contribution < -0.4 is 0 Å². The van der Waals surface area contributed by atoms with Crippen molar-refractivity contribution in [1.82, 2.24) is 0 Å². The second-order valence-electron chi connectivity index (χ2n) is 3.82. The van der Waals surface area contributed by atoms with Crippen LogP contribution in [0.3, 0.4) is 0 Å².